The van der Waals surface area contributed by atoms with Crippen molar-refractivity contribution in [3.8, 4) is 0 Å². The Kier molecular flexibility index (Phi) is 5.85. The number of nitrogens with one attached hydrogen (secondary N) is 1. The van der Waals surface area contributed by atoms with E-state index in [9.17, 15) is 19.7 Å². The van der Waals surface area contributed by atoms with Crippen LogP contribution in [0.2, 0.25) is 0 Å². The lowest BCUT2D eigenvalue weighted by Crippen LogP contribution is -2.16. The Morgan fingerprint density at radius 2 is 2.00 bits per heavy atom. The molecule has 0 aliphatic heterocycles. The van der Waals surface area contributed by atoms with Crippen LogP contribution in [0.4, 0.5) is 11.4 Å². The molecule has 1 rings (SSSR count). The number of ether oxygens (including phenoxy) is 2. The molecule has 0 amide bonds. The van der Waals surface area contributed by atoms with Crippen LogP contribution >= 0.6 is 15.9 Å². The van der Waals surface area contributed by atoms with E-state index in [1.807, 2.05) is 0 Å². The quantitative estimate of drug-likeness (QED) is 0.371. The van der Waals surface area contributed by atoms with Crippen LogP contribution in [0.5, 0.6) is 0 Å². The fourth-order valence-corrected chi connectivity index (χ4v) is 1.69. The number of benzene rings is 1. The van der Waals surface area contributed by atoms with Crippen molar-refractivity contribution in [1.29, 1.82) is 0 Å². The first-order chi connectivity index (χ1) is 9.88. The molecule has 0 saturated heterocycles. The molecule has 0 unspecified atom stereocenters. The van der Waals surface area contributed by atoms with Crippen molar-refractivity contribution in [1.82, 2.24) is 0 Å². The highest BCUT2D eigenvalue weighted by Crippen LogP contribution is 2.29. The van der Waals surface area contributed by atoms with E-state index in [1.54, 1.807) is 6.07 Å². The fourth-order valence-electron chi connectivity index (χ4n) is 1.34. The summed E-state index contributed by atoms with van der Waals surface area (Å²) in [6.07, 6.45) is 0.845. The molecule has 0 spiro atoms. The zero-order valence-corrected chi connectivity index (χ0v) is 12.7. The van der Waals surface area contributed by atoms with Gasteiger partial charge in [-0.3, -0.25) is 10.1 Å². The third-order valence-corrected chi connectivity index (χ3v) is 2.79. The summed E-state index contributed by atoms with van der Waals surface area (Å²) >= 11 is 3.11. The molecule has 0 radical (unpaired) electrons. The average Bonchev–Trinajstić information content (AvgIpc) is 2.46. The van der Waals surface area contributed by atoms with E-state index in [0.29, 0.717) is 4.47 Å². The zero-order valence-electron chi connectivity index (χ0n) is 11.1. The fraction of sp³-hybridized carbons (Fsp3) is 0.167. The zero-order chi connectivity index (χ0) is 16.0. The number of carbonyl (C=O) groups excluding carboxylic acids is 2. The normalized spacial score (nSPS) is 10.7. The summed E-state index contributed by atoms with van der Waals surface area (Å²) < 4.78 is 9.40. The molecule has 21 heavy (non-hydrogen) atoms. The largest absolute Gasteiger partial charge is 0.466 e. The molecule has 1 aromatic carbocycles. The van der Waals surface area contributed by atoms with Crippen molar-refractivity contribution >= 4 is 39.2 Å². The van der Waals surface area contributed by atoms with Gasteiger partial charge < -0.3 is 14.8 Å². The number of carbonyl (C=O) groups is 2. The van der Waals surface area contributed by atoms with Crippen LogP contribution in [-0.2, 0) is 19.1 Å². The number of methoxy groups -OCH3 is 2. The van der Waals surface area contributed by atoms with E-state index >= 15 is 0 Å². The van der Waals surface area contributed by atoms with Gasteiger partial charge in [-0.15, -0.1) is 0 Å². The van der Waals surface area contributed by atoms with Gasteiger partial charge >= 0.3 is 11.9 Å². The smallest absolute Gasteiger partial charge is 0.354 e. The second kappa shape index (κ2) is 7.39. The van der Waals surface area contributed by atoms with Crippen LogP contribution in [0.25, 0.3) is 0 Å². The lowest BCUT2D eigenvalue weighted by molar-refractivity contribution is -0.384. The molecule has 1 aromatic rings. The maximum atomic E-state index is 11.6. The van der Waals surface area contributed by atoms with Gasteiger partial charge in [-0.1, -0.05) is 15.9 Å². The van der Waals surface area contributed by atoms with Crippen LogP contribution in [0.15, 0.2) is 34.4 Å². The molecule has 0 aliphatic carbocycles. The minimum atomic E-state index is -0.863. The second-order valence-corrected chi connectivity index (χ2v) is 4.53. The predicted molar refractivity (Wildman–Crippen MR) is 76.5 cm³/mol. The maximum absolute atomic E-state index is 11.6. The van der Waals surface area contributed by atoms with Gasteiger partial charge in [-0.25, -0.2) is 9.59 Å². The molecule has 0 aromatic heterocycles. The molecular formula is C12H11BrN2O6. The summed E-state index contributed by atoms with van der Waals surface area (Å²) in [5.74, 6) is -1.67. The van der Waals surface area contributed by atoms with Gasteiger partial charge in [0, 0.05) is 10.5 Å². The maximum Gasteiger partial charge on any atom is 0.354 e. The number of rotatable bonds is 5. The van der Waals surface area contributed by atoms with Crippen LogP contribution in [0.3, 0.4) is 0 Å². The average molecular weight is 359 g/mol. The van der Waals surface area contributed by atoms with Gasteiger partial charge in [0.25, 0.3) is 5.69 Å². The number of nitro groups is 1. The Bertz CT molecular complexity index is 614. The first kappa shape index (κ1) is 16.6. The van der Waals surface area contributed by atoms with E-state index in [4.69, 9.17) is 0 Å². The number of anilines is 1. The van der Waals surface area contributed by atoms with Crippen molar-refractivity contribution in [2.24, 2.45) is 0 Å². The van der Waals surface area contributed by atoms with E-state index in [0.717, 1.165) is 20.3 Å². The van der Waals surface area contributed by atoms with Crippen molar-refractivity contribution in [3.63, 3.8) is 0 Å². The monoisotopic (exact) mass is 358 g/mol. The molecular weight excluding hydrogens is 348 g/mol. The molecule has 0 heterocycles. The minimum absolute atomic E-state index is 0.0313. The molecule has 0 fully saturated rings. The number of hydrogen-bond donors (Lipinski definition) is 1. The molecule has 0 bridgehead atoms. The van der Waals surface area contributed by atoms with Gasteiger partial charge in [-0.2, -0.15) is 0 Å². The summed E-state index contributed by atoms with van der Waals surface area (Å²) in [5, 5.41) is 13.5. The number of halogens is 1. The predicted octanol–water partition coefficient (Wildman–Crippen LogP) is 2.00. The molecule has 9 heteroatoms. The third kappa shape index (κ3) is 4.56. The van der Waals surface area contributed by atoms with Crippen LogP contribution in [-0.4, -0.2) is 31.1 Å². The molecule has 112 valence electrons. The van der Waals surface area contributed by atoms with Crippen LogP contribution < -0.4 is 5.32 Å². The highest BCUT2D eigenvalue weighted by atomic mass is 79.9. The van der Waals surface area contributed by atoms with E-state index in [1.165, 1.54) is 12.1 Å². The van der Waals surface area contributed by atoms with Crippen molar-refractivity contribution in [2.75, 3.05) is 19.5 Å². The molecule has 1 N–H and O–H groups in total. The third-order valence-electron chi connectivity index (χ3n) is 2.29. The van der Waals surface area contributed by atoms with Gasteiger partial charge in [-0.05, 0) is 12.1 Å². The first-order valence-electron chi connectivity index (χ1n) is 5.48. The van der Waals surface area contributed by atoms with Gasteiger partial charge in [0.05, 0.1) is 25.2 Å². The highest BCUT2D eigenvalue weighted by molar-refractivity contribution is 9.10. The lowest BCUT2D eigenvalue weighted by atomic mass is 10.2. The Hall–Kier alpha value is -2.42. The standard InChI is InChI=1S/C12H11BrN2O6/c1-20-11(16)6-9(12(17)21-2)14-8-4-3-7(13)5-10(8)15(18)19/h3-6,14H,1-2H3/b9-6+. The Morgan fingerprint density at radius 3 is 2.52 bits per heavy atom. The molecule has 0 atom stereocenters. The van der Waals surface area contributed by atoms with Crippen molar-refractivity contribution in [3.05, 3.63) is 44.6 Å². The number of nitrogens with zero attached hydrogens (tertiary/aromatic N) is 1. The summed E-state index contributed by atoms with van der Waals surface area (Å²) in [6, 6.07) is 4.19. The summed E-state index contributed by atoms with van der Waals surface area (Å²) in [7, 11) is 2.25. The van der Waals surface area contributed by atoms with Crippen LogP contribution in [0.1, 0.15) is 0 Å². The van der Waals surface area contributed by atoms with E-state index < -0.39 is 16.9 Å². The Balaban J connectivity index is 3.21. The topological polar surface area (TPSA) is 108 Å². The van der Waals surface area contributed by atoms with Gasteiger partial charge in [0.1, 0.15) is 11.4 Å². The van der Waals surface area contributed by atoms with Crippen molar-refractivity contribution < 1.29 is 24.0 Å². The molecule has 0 saturated carbocycles. The van der Waals surface area contributed by atoms with Crippen molar-refractivity contribution in [2.45, 2.75) is 0 Å². The van der Waals surface area contributed by atoms with Gasteiger partial charge in [0.2, 0.25) is 0 Å². The molecule has 0 aliphatic rings. The minimum Gasteiger partial charge on any atom is -0.466 e. The first-order valence-corrected chi connectivity index (χ1v) is 6.27. The highest BCUT2D eigenvalue weighted by Gasteiger charge is 2.19. The Labute approximate surface area is 128 Å². The van der Waals surface area contributed by atoms with Crippen LogP contribution in [0, 0.1) is 10.1 Å². The summed E-state index contributed by atoms with van der Waals surface area (Å²) in [6.45, 7) is 0. The summed E-state index contributed by atoms with van der Waals surface area (Å²) in [5.41, 5.74) is -0.525. The lowest BCUT2D eigenvalue weighted by Gasteiger charge is -2.09. The number of esters is 2. The second-order valence-electron chi connectivity index (χ2n) is 3.62. The Morgan fingerprint density at radius 1 is 1.33 bits per heavy atom. The summed E-state index contributed by atoms with van der Waals surface area (Å²) in [4.78, 5) is 33.2. The van der Waals surface area contributed by atoms with E-state index in [2.05, 4.69) is 30.7 Å². The van der Waals surface area contributed by atoms with Gasteiger partial charge in [0.15, 0.2) is 0 Å². The SMILES string of the molecule is COC(=O)/C=C(/Nc1ccc(Br)cc1[N+](=O)[O-])C(=O)OC. The number of hydrogen-bond acceptors (Lipinski definition) is 7. The molecule has 8 nitrogen and oxygen atoms in total. The van der Waals surface area contributed by atoms with E-state index in [-0.39, 0.29) is 17.1 Å². The number of nitro benzene ring substituents is 1.